The van der Waals surface area contributed by atoms with Crippen LogP contribution >= 0.6 is 11.8 Å². The van der Waals surface area contributed by atoms with E-state index in [2.05, 4.69) is 25.6 Å². The van der Waals surface area contributed by atoms with Gasteiger partial charge in [-0.15, -0.1) is 0 Å². The maximum Gasteiger partial charge on any atom is 0.0632 e. The molecule has 5 aliphatic heterocycles. The molecule has 0 amide bonds. The first-order valence-corrected chi connectivity index (χ1v) is 13.3. The number of thioether (sulfide) groups is 1. The van der Waals surface area contributed by atoms with Crippen LogP contribution in [0.2, 0.25) is 0 Å². The highest BCUT2D eigenvalue weighted by Gasteiger charge is 2.44. The smallest absolute Gasteiger partial charge is 0.0632 e. The zero-order valence-corrected chi connectivity index (χ0v) is 18.7. The van der Waals surface area contributed by atoms with E-state index in [4.69, 9.17) is 14.2 Å². The maximum absolute atomic E-state index is 6.66. The molecular weight excluding hydrogens is 368 g/mol. The third-order valence-corrected chi connectivity index (χ3v) is 10.2. The van der Waals surface area contributed by atoms with E-state index in [1.807, 2.05) is 0 Å². The minimum atomic E-state index is 0.414. The van der Waals surface area contributed by atoms with Crippen molar-refractivity contribution in [2.45, 2.75) is 138 Å². The molecule has 0 N–H and O–H groups in total. The van der Waals surface area contributed by atoms with E-state index in [-0.39, 0.29) is 0 Å². The molecule has 10 atom stereocenters. The zero-order valence-electron chi connectivity index (χ0n) is 17.9. The van der Waals surface area contributed by atoms with E-state index >= 15 is 0 Å². The van der Waals surface area contributed by atoms with Gasteiger partial charge in [-0.2, -0.15) is 11.8 Å². The maximum atomic E-state index is 6.66. The van der Waals surface area contributed by atoms with Crippen molar-refractivity contribution in [1.82, 2.24) is 0 Å². The Hall–Kier alpha value is 0.230. The molecule has 5 saturated heterocycles. The van der Waals surface area contributed by atoms with Gasteiger partial charge in [-0.1, -0.05) is 13.8 Å². The predicted octanol–water partition coefficient (Wildman–Crippen LogP) is 5.74. The minimum Gasteiger partial charge on any atom is -0.375 e. The normalized spacial score (nSPS) is 51.6. The highest BCUT2D eigenvalue weighted by atomic mass is 32.2. The van der Waals surface area contributed by atoms with Crippen molar-refractivity contribution in [1.29, 1.82) is 0 Å². The summed E-state index contributed by atoms with van der Waals surface area (Å²) in [5, 5.41) is 1.61. The van der Waals surface area contributed by atoms with Crippen LogP contribution in [-0.2, 0) is 14.2 Å². The molecule has 5 fully saturated rings. The van der Waals surface area contributed by atoms with Gasteiger partial charge in [-0.3, -0.25) is 0 Å². The highest BCUT2D eigenvalue weighted by molar-refractivity contribution is 8.00. The van der Waals surface area contributed by atoms with Crippen LogP contribution in [0.1, 0.15) is 90.9 Å². The molecule has 4 heteroatoms. The summed E-state index contributed by atoms with van der Waals surface area (Å²) in [6.07, 6.45) is 17.8. The fraction of sp³-hybridized carbons (Fsp3) is 1.00. The third-order valence-electron chi connectivity index (χ3n) is 8.47. The lowest BCUT2D eigenvalue weighted by atomic mass is 9.89. The molecule has 0 radical (unpaired) electrons. The van der Waals surface area contributed by atoms with Gasteiger partial charge in [0.1, 0.15) is 0 Å². The SMILES string of the molecule is CCC1C2CCC(CC3CCC(O3)C(CC)C3CCC(CC4CCC1O4)S3)O2. The Morgan fingerprint density at radius 3 is 1.71 bits per heavy atom. The predicted molar refractivity (Wildman–Crippen MR) is 115 cm³/mol. The summed E-state index contributed by atoms with van der Waals surface area (Å²) < 4.78 is 19.9. The molecule has 0 spiro atoms. The van der Waals surface area contributed by atoms with Crippen LogP contribution in [0.3, 0.4) is 0 Å². The van der Waals surface area contributed by atoms with Gasteiger partial charge in [0.15, 0.2) is 0 Å². The lowest BCUT2D eigenvalue weighted by Gasteiger charge is -2.30. The molecule has 0 aromatic carbocycles. The second kappa shape index (κ2) is 8.77. The van der Waals surface area contributed by atoms with E-state index < -0.39 is 0 Å². The van der Waals surface area contributed by atoms with Crippen molar-refractivity contribution in [3.8, 4) is 0 Å². The summed E-state index contributed by atoms with van der Waals surface area (Å²) in [7, 11) is 0. The third kappa shape index (κ3) is 4.05. The Balaban J connectivity index is 1.33. The van der Waals surface area contributed by atoms with Crippen molar-refractivity contribution >= 4 is 11.8 Å². The molecule has 0 aliphatic carbocycles. The van der Waals surface area contributed by atoms with Gasteiger partial charge < -0.3 is 14.2 Å². The first-order valence-electron chi connectivity index (χ1n) is 12.3. The molecule has 0 aromatic heterocycles. The molecular formula is C24H40O3S. The van der Waals surface area contributed by atoms with Gasteiger partial charge in [0, 0.05) is 16.4 Å². The fourth-order valence-corrected chi connectivity index (χ4v) is 8.94. The Morgan fingerprint density at radius 1 is 0.607 bits per heavy atom. The van der Waals surface area contributed by atoms with Gasteiger partial charge in [-0.05, 0) is 83.0 Å². The van der Waals surface area contributed by atoms with E-state index in [1.165, 1.54) is 70.6 Å². The quantitative estimate of drug-likeness (QED) is 0.582. The molecule has 0 saturated carbocycles. The second-order valence-electron chi connectivity index (χ2n) is 10.1. The van der Waals surface area contributed by atoms with Crippen LogP contribution in [0.5, 0.6) is 0 Å². The van der Waals surface area contributed by atoms with Gasteiger partial charge in [0.25, 0.3) is 0 Å². The van der Waals surface area contributed by atoms with Crippen LogP contribution in [0.4, 0.5) is 0 Å². The minimum absolute atomic E-state index is 0.414. The lowest BCUT2D eigenvalue weighted by Crippen LogP contribution is -2.33. The van der Waals surface area contributed by atoms with E-state index in [0.717, 1.165) is 22.8 Å². The topological polar surface area (TPSA) is 27.7 Å². The van der Waals surface area contributed by atoms with E-state index in [1.54, 1.807) is 0 Å². The number of ether oxygens (including phenoxy) is 3. The van der Waals surface area contributed by atoms with Gasteiger partial charge in [-0.25, -0.2) is 0 Å². The van der Waals surface area contributed by atoms with Crippen LogP contribution in [0.25, 0.3) is 0 Å². The van der Waals surface area contributed by atoms with Crippen molar-refractivity contribution < 1.29 is 14.2 Å². The number of fused-ring (bicyclic) bond motifs is 8. The van der Waals surface area contributed by atoms with Crippen LogP contribution < -0.4 is 0 Å². The van der Waals surface area contributed by atoms with Gasteiger partial charge in [0.2, 0.25) is 0 Å². The molecule has 3 nitrogen and oxygen atoms in total. The standard InChI is InChI=1S/C24H40O3S/c1-3-19-21-9-5-15(25-21)13-16-6-11-23(26-16)20(4-2)24-12-8-18(28-24)14-17-7-10-22(19)27-17/h15-24H,3-14H2,1-2H3. The molecule has 5 heterocycles. The molecule has 0 aromatic rings. The van der Waals surface area contributed by atoms with E-state index in [0.29, 0.717) is 42.5 Å². The first kappa shape index (κ1) is 20.2. The molecule has 10 unspecified atom stereocenters. The first-order chi connectivity index (χ1) is 13.7. The Labute approximate surface area is 176 Å². The lowest BCUT2D eigenvalue weighted by molar-refractivity contribution is -0.0742. The van der Waals surface area contributed by atoms with E-state index in [9.17, 15) is 0 Å². The van der Waals surface area contributed by atoms with Gasteiger partial charge in [0.05, 0.1) is 36.6 Å². The number of rotatable bonds is 2. The second-order valence-corrected chi connectivity index (χ2v) is 11.7. The van der Waals surface area contributed by atoms with Crippen molar-refractivity contribution in [2.24, 2.45) is 11.8 Å². The Bertz CT molecular complexity index is 442. The molecule has 160 valence electrons. The summed E-state index contributed by atoms with van der Waals surface area (Å²) in [5.41, 5.74) is 0. The highest BCUT2D eigenvalue weighted by Crippen LogP contribution is 2.47. The summed E-state index contributed by atoms with van der Waals surface area (Å²) >= 11 is 2.29. The van der Waals surface area contributed by atoms with Crippen molar-refractivity contribution in [3.63, 3.8) is 0 Å². The zero-order chi connectivity index (χ0) is 19.1. The van der Waals surface area contributed by atoms with Gasteiger partial charge >= 0.3 is 0 Å². The Morgan fingerprint density at radius 2 is 1.14 bits per heavy atom. The summed E-state index contributed by atoms with van der Waals surface area (Å²) in [5.74, 6) is 1.33. The van der Waals surface area contributed by atoms with Crippen molar-refractivity contribution in [2.75, 3.05) is 0 Å². The summed E-state index contributed by atoms with van der Waals surface area (Å²) in [6, 6.07) is 0. The number of hydrogen-bond acceptors (Lipinski definition) is 4. The number of hydrogen-bond donors (Lipinski definition) is 0. The summed E-state index contributed by atoms with van der Waals surface area (Å²) in [6.45, 7) is 4.72. The van der Waals surface area contributed by atoms with Crippen LogP contribution in [0, 0.1) is 11.8 Å². The largest absolute Gasteiger partial charge is 0.375 e. The van der Waals surface area contributed by atoms with Crippen LogP contribution in [0.15, 0.2) is 0 Å². The average Bonchev–Trinajstić information content (AvgIpc) is 3.47. The average molecular weight is 409 g/mol. The monoisotopic (exact) mass is 408 g/mol. The van der Waals surface area contributed by atoms with Crippen LogP contribution in [-0.4, -0.2) is 47.1 Å². The molecule has 28 heavy (non-hydrogen) atoms. The summed E-state index contributed by atoms with van der Waals surface area (Å²) in [4.78, 5) is 0. The molecule has 8 bridgehead atoms. The fourth-order valence-electron chi connectivity index (χ4n) is 7.00. The molecule has 5 aliphatic rings. The Kier molecular flexibility index (Phi) is 6.31. The van der Waals surface area contributed by atoms with Crippen molar-refractivity contribution in [3.05, 3.63) is 0 Å². The molecule has 5 rings (SSSR count).